The molecular formula is C17H15ClINO. The largest absolute Gasteiger partial charge is 0.461 e. The summed E-state index contributed by atoms with van der Waals surface area (Å²) in [6.45, 7) is 2.08. The predicted octanol–water partition coefficient (Wildman–Crippen LogP) is 5.30. The third-order valence-electron chi connectivity index (χ3n) is 3.64. The van der Waals surface area contributed by atoms with Crippen LogP contribution in [0.3, 0.4) is 0 Å². The maximum Gasteiger partial charge on any atom is 0.134 e. The van der Waals surface area contributed by atoms with Gasteiger partial charge in [0.25, 0.3) is 0 Å². The van der Waals surface area contributed by atoms with Gasteiger partial charge < -0.3 is 10.2 Å². The number of rotatable bonds is 3. The number of nitrogens with two attached hydrogens (primary N) is 1. The second kappa shape index (κ2) is 5.99. The van der Waals surface area contributed by atoms with Crippen LogP contribution in [0.1, 0.15) is 29.9 Å². The summed E-state index contributed by atoms with van der Waals surface area (Å²) in [5.41, 5.74) is 9.53. The van der Waals surface area contributed by atoms with Gasteiger partial charge in [0.05, 0.1) is 6.04 Å². The molecule has 2 nitrogen and oxygen atoms in total. The van der Waals surface area contributed by atoms with E-state index in [4.69, 9.17) is 21.8 Å². The van der Waals surface area contributed by atoms with Crippen molar-refractivity contribution in [1.82, 2.24) is 0 Å². The lowest BCUT2D eigenvalue weighted by atomic mass is 9.96. The summed E-state index contributed by atoms with van der Waals surface area (Å²) >= 11 is 8.43. The predicted molar refractivity (Wildman–Crippen MR) is 95.8 cm³/mol. The standard InChI is InChI=1S/C17H15ClINO/c1-2-14-16(11-5-3-4-6-15(11)21-14)17(20)12-9-10(18)7-8-13(12)19/h3-9,17H,2,20H2,1H3. The summed E-state index contributed by atoms with van der Waals surface area (Å²) in [4.78, 5) is 0. The molecular weight excluding hydrogens is 397 g/mol. The van der Waals surface area contributed by atoms with Crippen molar-refractivity contribution in [2.75, 3.05) is 0 Å². The first-order valence-electron chi connectivity index (χ1n) is 6.82. The molecule has 3 aromatic rings. The summed E-state index contributed by atoms with van der Waals surface area (Å²) in [6, 6.07) is 13.6. The van der Waals surface area contributed by atoms with Crippen LogP contribution >= 0.6 is 34.2 Å². The smallest absolute Gasteiger partial charge is 0.134 e. The van der Waals surface area contributed by atoms with E-state index >= 15 is 0 Å². The number of aryl methyl sites for hydroxylation is 1. The fraction of sp³-hybridized carbons (Fsp3) is 0.176. The zero-order chi connectivity index (χ0) is 15.0. The molecule has 0 aliphatic heterocycles. The fourth-order valence-electron chi connectivity index (χ4n) is 2.63. The van der Waals surface area contributed by atoms with Crippen LogP contribution in [0, 0.1) is 3.57 Å². The molecule has 3 rings (SSSR count). The maximum absolute atomic E-state index is 6.55. The topological polar surface area (TPSA) is 39.2 Å². The Kier molecular flexibility index (Phi) is 4.24. The van der Waals surface area contributed by atoms with Gasteiger partial charge in [-0.2, -0.15) is 0 Å². The number of fused-ring (bicyclic) bond motifs is 1. The first-order valence-corrected chi connectivity index (χ1v) is 8.28. The Morgan fingerprint density at radius 1 is 1.24 bits per heavy atom. The molecule has 1 heterocycles. The van der Waals surface area contributed by atoms with E-state index in [0.717, 1.165) is 37.8 Å². The zero-order valence-electron chi connectivity index (χ0n) is 11.6. The Balaban J connectivity index is 2.21. The Bertz CT molecular complexity index is 797. The Morgan fingerprint density at radius 2 is 2.00 bits per heavy atom. The van der Waals surface area contributed by atoms with Crippen LogP contribution in [-0.2, 0) is 6.42 Å². The van der Waals surface area contributed by atoms with Crippen LogP contribution in [0.5, 0.6) is 0 Å². The van der Waals surface area contributed by atoms with Crippen LogP contribution in [0.15, 0.2) is 46.9 Å². The highest BCUT2D eigenvalue weighted by atomic mass is 127. The van der Waals surface area contributed by atoms with E-state index in [1.165, 1.54) is 0 Å². The molecule has 2 aromatic carbocycles. The summed E-state index contributed by atoms with van der Waals surface area (Å²) in [7, 11) is 0. The van der Waals surface area contributed by atoms with E-state index in [9.17, 15) is 0 Å². The molecule has 2 N–H and O–H groups in total. The quantitative estimate of drug-likeness (QED) is 0.594. The van der Waals surface area contributed by atoms with E-state index in [2.05, 4.69) is 35.6 Å². The van der Waals surface area contributed by atoms with Gasteiger partial charge in [0.2, 0.25) is 0 Å². The van der Waals surface area contributed by atoms with Crippen molar-refractivity contribution in [2.45, 2.75) is 19.4 Å². The van der Waals surface area contributed by atoms with Crippen LogP contribution in [0.4, 0.5) is 0 Å². The van der Waals surface area contributed by atoms with Gasteiger partial charge in [0.1, 0.15) is 11.3 Å². The monoisotopic (exact) mass is 411 g/mol. The van der Waals surface area contributed by atoms with Gasteiger partial charge in [0, 0.05) is 26.0 Å². The minimum Gasteiger partial charge on any atom is -0.461 e. The van der Waals surface area contributed by atoms with Crippen molar-refractivity contribution in [3.05, 3.63) is 67.9 Å². The average molecular weight is 412 g/mol. The molecule has 1 aromatic heterocycles. The lowest BCUT2D eigenvalue weighted by Crippen LogP contribution is -2.14. The molecule has 4 heteroatoms. The number of para-hydroxylation sites is 1. The molecule has 0 bridgehead atoms. The number of furan rings is 1. The van der Waals surface area contributed by atoms with Crippen LogP contribution in [0.2, 0.25) is 5.02 Å². The summed E-state index contributed by atoms with van der Waals surface area (Å²) in [5.74, 6) is 0.944. The van der Waals surface area contributed by atoms with Crippen molar-refractivity contribution < 1.29 is 4.42 Å². The number of hydrogen-bond acceptors (Lipinski definition) is 2. The molecule has 0 spiro atoms. The Labute approximate surface area is 142 Å². The van der Waals surface area contributed by atoms with Gasteiger partial charge in [-0.25, -0.2) is 0 Å². The molecule has 0 aliphatic carbocycles. The summed E-state index contributed by atoms with van der Waals surface area (Å²) in [5, 5.41) is 1.78. The van der Waals surface area contributed by atoms with Crippen LogP contribution in [0.25, 0.3) is 11.0 Å². The number of halogens is 2. The van der Waals surface area contributed by atoms with Gasteiger partial charge in [0.15, 0.2) is 0 Å². The lowest BCUT2D eigenvalue weighted by Gasteiger charge is -2.15. The highest BCUT2D eigenvalue weighted by Gasteiger charge is 2.21. The lowest BCUT2D eigenvalue weighted by molar-refractivity contribution is 0.546. The highest BCUT2D eigenvalue weighted by Crippen LogP contribution is 2.35. The SMILES string of the molecule is CCc1oc2ccccc2c1C(N)c1cc(Cl)ccc1I. The number of benzene rings is 2. The van der Waals surface area contributed by atoms with Crippen LogP contribution < -0.4 is 5.73 Å². The van der Waals surface area contributed by atoms with Crippen molar-refractivity contribution in [2.24, 2.45) is 5.73 Å². The van der Waals surface area contributed by atoms with E-state index in [0.29, 0.717) is 5.02 Å². The van der Waals surface area contributed by atoms with Gasteiger partial charge >= 0.3 is 0 Å². The first-order chi connectivity index (χ1) is 10.1. The third-order valence-corrected chi connectivity index (χ3v) is 4.85. The second-order valence-electron chi connectivity index (χ2n) is 4.93. The minimum atomic E-state index is -0.241. The molecule has 0 aliphatic rings. The van der Waals surface area contributed by atoms with Crippen molar-refractivity contribution in [3.63, 3.8) is 0 Å². The van der Waals surface area contributed by atoms with Crippen LogP contribution in [-0.4, -0.2) is 0 Å². The van der Waals surface area contributed by atoms with E-state index < -0.39 is 0 Å². The molecule has 0 amide bonds. The molecule has 21 heavy (non-hydrogen) atoms. The minimum absolute atomic E-state index is 0.241. The first kappa shape index (κ1) is 14.9. The van der Waals surface area contributed by atoms with E-state index in [1.54, 1.807) is 0 Å². The zero-order valence-corrected chi connectivity index (χ0v) is 14.5. The van der Waals surface area contributed by atoms with E-state index in [-0.39, 0.29) is 6.04 Å². The highest BCUT2D eigenvalue weighted by molar-refractivity contribution is 14.1. The van der Waals surface area contributed by atoms with Gasteiger partial charge in [-0.05, 0) is 52.4 Å². The number of hydrogen-bond donors (Lipinski definition) is 1. The summed E-state index contributed by atoms with van der Waals surface area (Å²) in [6.07, 6.45) is 0.814. The molecule has 0 saturated carbocycles. The van der Waals surface area contributed by atoms with E-state index in [1.807, 2.05) is 36.4 Å². The molecule has 0 radical (unpaired) electrons. The summed E-state index contributed by atoms with van der Waals surface area (Å²) < 4.78 is 7.05. The fourth-order valence-corrected chi connectivity index (χ4v) is 3.48. The second-order valence-corrected chi connectivity index (χ2v) is 6.53. The molecule has 1 atom stereocenters. The maximum atomic E-state index is 6.55. The van der Waals surface area contributed by atoms with Crippen molar-refractivity contribution in [3.8, 4) is 0 Å². The third kappa shape index (κ3) is 2.70. The Hall–Kier alpha value is -1.04. The van der Waals surface area contributed by atoms with Gasteiger partial charge in [-0.15, -0.1) is 0 Å². The molecule has 0 fully saturated rings. The van der Waals surface area contributed by atoms with Crippen molar-refractivity contribution in [1.29, 1.82) is 0 Å². The van der Waals surface area contributed by atoms with Crippen molar-refractivity contribution >= 4 is 45.2 Å². The van der Waals surface area contributed by atoms with Gasteiger partial charge in [-0.1, -0.05) is 36.7 Å². The Morgan fingerprint density at radius 3 is 2.76 bits per heavy atom. The average Bonchev–Trinajstić information content (AvgIpc) is 2.87. The van der Waals surface area contributed by atoms with Gasteiger partial charge in [-0.3, -0.25) is 0 Å². The molecule has 108 valence electrons. The normalized spacial score (nSPS) is 12.8. The molecule has 0 saturated heterocycles. The molecule has 1 unspecified atom stereocenters.